The maximum Gasteiger partial charge on any atom is 0.307 e. The Kier molecular flexibility index (Phi) is 6.00. The first-order valence-electron chi connectivity index (χ1n) is 12.3. The molecule has 0 aliphatic heterocycles. The summed E-state index contributed by atoms with van der Waals surface area (Å²) in [6.45, 7) is 5.55. The number of nitrogens with zero attached hydrogens (tertiary/aromatic N) is 2. The minimum absolute atomic E-state index is 0.0982. The SMILES string of the molecule is CC(C)CN(c1ccc(C2CC2C(=O)O)cc1Nc1nc2ccccc2[nH]1)C1CCCCC1. The fourth-order valence-electron chi connectivity index (χ4n) is 5.34. The number of fused-ring (bicyclic) bond motifs is 1. The van der Waals surface area contributed by atoms with E-state index in [4.69, 9.17) is 4.98 Å². The Morgan fingerprint density at radius 2 is 1.97 bits per heavy atom. The number of hydrogen-bond donors (Lipinski definition) is 3. The minimum Gasteiger partial charge on any atom is -0.481 e. The number of aromatic nitrogens is 2. The van der Waals surface area contributed by atoms with E-state index in [2.05, 4.69) is 47.2 Å². The number of rotatable bonds is 8. The van der Waals surface area contributed by atoms with Gasteiger partial charge in [0.2, 0.25) is 5.95 Å². The molecule has 2 unspecified atom stereocenters. The van der Waals surface area contributed by atoms with Crippen LogP contribution in [-0.4, -0.2) is 33.6 Å². The molecule has 2 aliphatic carbocycles. The third-order valence-electron chi connectivity index (χ3n) is 7.09. The summed E-state index contributed by atoms with van der Waals surface area (Å²) in [6, 6.07) is 15.1. The van der Waals surface area contributed by atoms with E-state index < -0.39 is 5.97 Å². The lowest BCUT2D eigenvalue weighted by Gasteiger charge is -2.38. The summed E-state index contributed by atoms with van der Waals surface area (Å²) in [5.41, 5.74) is 5.22. The predicted molar refractivity (Wildman–Crippen MR) is 133 cm³/mol. The number of aliphatic carboxylic acids is 1. The number of H-pyrrole nitrogens is 1. The summed E-state index contributed by atoms with van der Waals surface area (Å²) >= 11 is 0. The quantitative estimate of drug-likeness (QED) is 0.379. The highest BCUT2D eigenvalue weighted by atomic mass is 16.4. The second kappa shape index (κ2) is 9.08. The average molecular weight is 447 g/mol. The van der Waals surface area contributed by atoms with Gasteiger partial charge in [-0.25, -0.2) is 4.98 Å². The monoisotopic (exact) mass is 446 g/mol. The van der Waals surface area contributed by atoms with Gasteiger partial charge < -0.3 is 20.3 Å². The van der Waals surface area contributed by atoms with Crippen molar-refractivity contribution >= 4 is 34.3 Å². The Labute approximate surface area is 195 Å². The number of nitrogens with one attached hydrogen (secondary N) is 2. The van der Waals surface area contributed by atoms with Crippen LogP contribution in [0.2, 0.25) is 0 Å². The lowest BCUT2D eigenvalue weighted by atomic mass is 9.92. The van der Waals surface area contributed by atoms with Gasteiger partial charge in [0.05, 0.1) is 28.3 Å². The number of benzene rings is 2. The van der Waals surface area contributed by atoms with Crippen molar-refractivity contribution in [2.45, 2.75) is 64.3 Å². The average Bonchev–Trinajstić information content (AvgIpc) is 3.51. The summed E-state index contributed by atoms with van der Waals surface area (Å²) in [5, 5.41) is 13.0. The van der Waals surface area contributed by atoms with Crippen molar-refractivity contribution in [2.24, 2.45) is 11.8 Å². The zero-order valence-corrected chi connectivity index (χ0v) is 19.6. The number of carbonyl (C=O) groups is 1. The number of para-hydroxylation sites is 2. The first kappa shape index (κ1) is 21.8. The fourth-order valence-corrected chi connectivity index (χ4v) is 5.34. The molecule has 3 aromatic rings. The highest BCUT2D eigenvalue weighted by Gasteiger charge is 2.44. The Morgan fingerprint density at radius 3 is 2.67 bits per heavy atom. The van der Waals surface area contributed by atoms with Crippen LogP contribution in [0.4, 0.5) is 17.3 Å². The van der Waals surface area contributed by atoms with Crippen molar-refractivity contribution in [3.05, 3.63) is 48.0 Å². The van der Waals surface area contributed by atoms with Crippen molar-refractivity contribution in [3.8, 4) is 0 Å². The number of anilines is 3. The third-order valence-corrected chi connectivity index (χ3v) is 7.09. The van der Waals surface area contributed by atoms with Crippen molar-refractivity contribution in [1.82, 2.24) is 9.97 Å². The minimum atomic E-state index is -0.695. The molecular weight excluding hydrogens is 412 g/mol. The summed E-state index contributed by atoms with van der Waals surface area (Å²) < 4.78 is 0. The van der Waals surface area contributed by atoms with Crippen molar-refractivity contribution in [1.29, 1.82) is 0 Å². The third kappa shape index (κ3) is 4.70. The number of carboxylic acid groups (broad SMARTS) is 1. The molecule has 1 aromatic heterocycles. The van der Waals surface area contributed by atoms with E-state index in [1.165, 1.54) is 37.8 Å². The highest BCUT2D eigenvalue weighted by Crippen LogP contribution is 2.49. The Balaban J connectivity index is 1.52. The normalized spacial score (nSPS) is 20.8. The lowest BCUT2D eigenvalue weighted by Crippen LogP contribution is -2.39. The zero-order chi connectivity index (χ0) is 22.9. The van der Waals surface area contributed by atoms with Gasteiger partial charge in [0.1, 0.15) is 0 Å². The molecule has 0 radical (unpaired) electrons. The van der Waals surface area contributed by atoms with Crippen molar-refractivity contribution < 1.29 is 9.90 Å². The number of imidazole rings is 1. The first-order valence-corrected chi connectivity index (χ1v) is 12.3. The summed E-state index contributed by atoms with van der Waals surface area (Å²) in [5.74, 6) is 0.402. The second-order valence-electron chi connectivity index (χ2n) is 10.1. The lowest BCUT2D eigenvalue weighted by molar-refractivity contribution is -0.138. The molecular formula is C27H34N4O2. The van der Waals surface area contributed by atoms with E-state index in [-0.39, 0.29) is 11.8 Å². The van der Waals surface area contributed by atoms with E-state index in [0.29, 0.717) is 17.9 Å². The number of hydrogen-bond acceptors (Lipinski definition) is 4. The van der Waals surface area contributed by atoms with Gasteiger partial charge in [0.15, 0.2) is 0 Å². The molecule has 2 atom stereocenters. The standard InChI is InChI=1S/C27H34N4O2/c1-17(2)16-31(19-8-4-3-5-9-19)25-13-12-18(20-15-21(20)26(32)33)14-24(25)30-27-28-22-10-6-7-11-23(22)29-27/h6-7,10-14,17,19-21H,3-5,8-9,15-16H2,1-2H3,(H,32,33)(H2,28,29,30). The molecule has 174 valence electrons. The second-order valence-corrected chi connectivity index (χ2v) is 10.1. The molecule has 1 heterocycles. The van der Waals surface area contributed by atoms with Crippen molar-refractivity contribution in [2.75, 3.05) is 16.8 Å². The molecule has 2 aliphatic rings. The van der Waals surface area contributed by atoms with Gasteiger partial charge in [-0.05, 0) is 60.9 Å². The van der Waals surface area contributed by atoms with Gasteiger partial charge >= 0.3 is 5.97 Å². The van der Waals surface area contributed by atoms with Crippen LogP contribution in [0.1, 0.15) is 63.9 Å². The molecule has 33 heavy (non-hydrogen) atoms. The van der Waals surface area contributed by atoms with Crippen molar-refractivity contribution in [3.63, 3.8) is 0 Å². The summed E-state index contributed by atoms with van der Waals surface area (Å²) in [6.07, 6.45) is 7.06. The van der Waals surface area contributed by atoms with Gasteiger partial charge in [0.25, 0.3) is 0 Å². The van der Waals surface area contributed by atoms with Crippen LogP contribution < -0.4 is 10.2 Å². The Bertz CT molecular complexity index is 1100. The van der Waals surface area contributed by atoms with E-state index in [1.807, 2.05) is 24.3 Å². The van der Waals surface area contributed by atoms with Gasteiger partial charge in [-0.3, -0.25) is 4.79 Å². The van der Waals surface area contributed by atoms with Crippen LogP contribution in [0.3, 0.4) is 0 Å². The number of aromatic amines is 1. The molecule has 6 nitrogen and oxygen atoms in total. The molecule has 6 heteroatoms. The Hall–Kier alpha value is -3.02. The van der Waals surface area contributed by atoms with Crippen LogP contribution in [-0.2, 0) is 4.79 Å². The van der Waals surface area contributed by atoms with Crippen LogP contribution >= 0.6 is 0 Å². The molecule has 0 saturated heterocycles. The van der Waals surface area contributed by atoms with Gasteiger partial charge in [-0.1, -0.05) is 51.3 Å². The van der Waals surface area contributed by atoms with Gasteiger partial charge in [-0.15, -0.1) is 0 Å². The summed E-state index contributed by atoms with van der Waals surface area (Å²) in [4.78, 5) is 22.2. The molecule has 3 N–H and O–H groups in total. The molecule has 0 bridgehead atoms. The molecule has 0 spiro atoms. The predicted octanol–water partition coefficient (Wildman–Crippen LogP) is 6.29. The molecule has 2 saturated carbocycles. The van der Waals surface area contributed by atoms with Crippen LogP contribution in [0, 0.1) is 11.8 Å². The Morgan fingerprint density at radius 1 is 1.18 bits per heavy atom. The molecule has 2 aromatic carbocycles. The first-order chi connectivity index (χ1) is 16.0. The maximum atomic E-state index is 11.5. The van der Waals surface area contributed by atoms with E-state index in [0.717, 1.165) is 35.2 Å². The van der Waals surface area contributed by atoms with Crippen LogP contribution in [0.5, 0.6) is 0 Å². The zero-order valence-electron chi connectivity index (χ0n) is 19.6. The maximum absolute atomic E-state index is 11.5. The fraction of sp³-hybridized carbons (Fsp3) is 0.481. The van der Waals surface area contributed by atoms with E-state index in [9.17, 15) is 9.90 Å². The van der Waals surface area contributed by atoms with E-state index in [1.54, 1.807) is 0 Å². The summed E-state index contributed by atoms with van der Waals surface area (Å²) in [7, 11) is 0. The molecule has 2 fully saturated rings. The van der Waals surface area contributed by atoms with Gasteiger partial charge in [0, 0.05) is 12.6 Å². The van der Waals surface area contributed by atoms with Crippen LogP contribution in [0.15, 0.2) is 42.5 Å². The van der Waals surface area contributed by atoms with E-state index >= 15 is 0 Å². The largest absolute Gasteiger partial charge is 0.481 e. The number of carboxylic acids is 1. The molecule has 5 rings (SSSR count). The van der Waals surface area contributed by atoms with Gasteiger partial charge in [-0.2, -0.15) is 0 Å². The molecule has 0 amide bonds. The highest BCUT2D eigenvalue weighted by molar-refractivity contribution is 5.81. The smallest absolute Gasteiger partial charge is 0.307 e. The van der Waals surface area contributed by atoms with Crippen LogP contribution in [0.25, 0.3) is 11.0 Å². The topological polar surface area (TPSA) is 81.2 Å².